The molecule has 1 fully saturated rings. The minimum atomic E-state index is -0.885. The average Bonchev–Trinajstić information content (AvgIpc) is 3.22. The van der Waals surface area contributed by atoms with Gasteiger partial charge < -0.3 is 30.2 Å². The number of hydrogen-bond donors (Lipinski definition) is 3. The molecule has 1 aliphatic rings. The van der Waals surface area contributed by atoms with Crippen LogP contribution in [-0.2, 0) is 0 Å². The van der Waals surface area contributed by atoms with E-state index in [1.165, 1.54) is 0 Å². The number of ether oxygens (including phenoxy) is 3. The zero-order valence-electron chi connectivity index (χ0n) is 18.5. The summed E-state index contributed by atoms with van der Waals surface area (Å²) in [7, 11) is 4.65. The number of fused-ring (bicyclic) bond motifs is 1. The quantitative estimate of drug-likeness (QED) is 0.438. The Morgan fingerprint density at radius 3 is 2.39 bits per heavy atom. The van der Waals surface area contributed by atoms with Crippen molar-refractivity contribution in [2.75, 3.05) is 32.0 Å². The van der Waals surface area contributed by atoms with Gasteiger partial charge in [0.15, 0.2) is 28.1 Å². The van der Waals surface area contributed by atoms with E-state index < -0.39 is 6.17 Å². The zero-order chi connectivity index (χ0) is 23.4. The molecule has 1 aliphatic carbocycles. The summed E-state index contributed by atoms with van der Waals surface area (Å²) in [5.74, 6) is 2.49. The average molecular weight is 473 g/mol. The molecular formula is C22H25FN6O3S. The number of nitrogens with one attached hydrogen (secondary N) is 3. The molecule has 0 saturated heterocycles. The highest BCUT2D eigenvalue weighted by Crippen LogP contribution is 2.40. The van der Waals surface area contributed by atoms with Gasteiger partial charge in [-0.15, -0.1) is 0 Å². The number of halogens is 1. The molecule has 11 heteroatoms. The first kappa shape index (κ1) is 22.7. The Balaban J connectivity index is 1.52. The third kappa shape index (κ3) is 5.14. The number of hydrogen-bond acceptors (Lipinski definition) is 8. The topological polar surface area (TPSA) is 102 Å². The maximum Gasteiger partial charge on any atom is 0.203 e. The summed E-state index contributed by atoms with van der Waals surface area (Å²) in [6, 6.07) is 6.81. The SMILES string of the molecule is COc1cc(Nc2cnc3ccc(NC(=S)NC4CCCC4F)nc3n2)cc(OC)c1OC. The molecule has 1 aromatic carbocycles. The van der Waals surface area contributed by atoms with Crippen LogP contribution in [0.25, 0.3) is 11.2 Å². The molecule has 4 rings (SSSR count). The molecule has 3 aromatic rings. The Morgan fingerprint density at radius 2 is 1.76 bits per heavy atom. The lowest BCUT2D eigenvalue weighted by Crippen LogP contribution is -2.40. The van der Waals surface area contributed by atoms with Crippen LogP contribution >= 0.6 is 12.2 Å². The highest BCUT2D eigenvalue weighted by Gasteiger charge is 2.27. The van der Waals surface area contributed by atoms with Crippen molar-refractivity contribution >= 4 is 45.8 Å². The Kier molecular flexibility index (Phi) is 6.87. The predicted octanol–water partition coefficient (Wildman–Crippen LogP) is 3.97. The number of thiocarbonyl (C=S) groups is 1. The van der Waals surface area contributed by atoms with E-state index in [2.05, 4.69) is 30.9 Å². The second kappa shape index (κ2) is 9.99. The van der Waals surface area contributed by atoms with Gasteiger partial charge in [0.25, 0.3) is 0 Å². The number of pyridine rings is 1. The van der Waals surface area contributed by atoms with Gasteiger partial charge in [-0.25, -0.2) is 19.3 Å². The lowest BCUT2D eigenvalue weighted by Gasteiger charge is -2.17. The van der Waals surface area contributed by atoms with Gasteiger partial charge in [-0.2, -0.15) is 0 Å². The normalized spacial score (nSPS) is 17.5. The van der Waals surface area contributed by atoms with Crippen LogP contribution in [0.2, 0.25) is 0 Å². The second-order valence-corrected chi connectivity index (χ2v) is 7.89. The van der Waals surface area contributed by atoms with E-state index in [1.807, 2.05) is 0 Å². The maximum absolute atomic E-state index is 13.8. The van der Waals surface area contributed by atoms with E-state index in [-0.39, 0.29) is 6.04 Å². The fourth-order valence-electron chi connectivity index (χ4n) is 3.73. The summed E-state index contributed by atoms with van der Waals surface area (Å²) in [4.78, 5) is 13.4. The summed E-state index contributed by atoms with van der Waals surface area (Å²) < 4.78 is 30.0. The van der Waals surface area contributed by atoms with Gasteiger partial charge in [-0.3, -0.25) is 0 Å². The number of aromatic nitrogens is 3. The molecule has 0 radical (unpaired) electrons. The Hall–Kier alpha value is -3.47. The van der Waals surface area contributed by atoms with Gasteiger partial charge in [-0.05, 0) is 43.6 Å². The van der Waals surface area contributed by atoms with Crippen LogP contribution in [0.3, 0.4) is 0 Å². The summed E-state index contributed by atoms with van der Waals surface area (Å²) in [5, 5.41) is 9.53. The summed E-state index contributed by atoms with van der Waals surface area (Å²) in [6.07, 6.45) is 2.89. The van der Waals surface area contributed by atoms with E-state index in [0.29, 0.717) is 57.3 Å². The molecule has 2 unspecified atom stereocenters. The number of methoxy groups -OCH3 is 3. The number of benzene rings is 1. The molecule has 0 aliphatic heterocycles. The Labute approximate surface area is 196 Å². The molecule has 174 valence electrons. The minimum absolute atomic E-state index is 0.264. The van der Waals surface area contributed by atoms with Crippen molar-refractivity contribution in [2.24, 2.45) is 0 Å². The van der Waals surface area contributed by atoms with Crippen LogP contribution < -0.4 is 30.2 Å². The van der Waals surface area contributed by atoms with E-state index in [1.54, 1.807) is 51.8 Å². The lowest BCUT2D eigenvalue weighted by atomic mass is 10.2. The first-order valence-electron chi connectivity index (χ1n) is 10.4. The molecule has 0 bridgehead atoms. The minimum Gasteiger partial charge on any atom is -0.493 e. The Morgan fingerprint density at radius 1 is 1.03 bits per heavy atom. The number of anilines is 3. The van der Waals surface area contributed by atoms with Crippen molar-refractivity contribution in [1.82, 2.24) is 20.3 Å². The fraction of sp³-hybridized carbons (Fsp3) is 0.364. The maximum atomic E-state index is 13.8. The molecule has 3 N–H and O–H groups in total. The van der Waals surface area contributed by atoms with Crippen molar-refractivity contribution < 1.29 is 18.6 Å². The van der Waals surface area contributed by atoms with Crippen LogP contribution in [0.15, 0.2) is 30.5 Å². The molecular weight excluding hydrogens is 447 g/mol. The monoisotopic (exact) mass is 472 g/mol. The first-order valence-corrected chi connectivity index (χ1v) is 10.8. The van der Waals surface area contributed by atoms with Gasteiger partial charge in [0.2, 0.25) is 5.75 Å². The van der Waals surface area contributed by atoms with Crippen LogP contribution in [0.4, 0.5) is 21.7 Å². The van der Waals surface area contributed by atoms with Crippen molar-refractivity contribution in [3.8, 4) is 17.2 Å². The molecule has 2 heterocycles. The smallest absolute Gasteiger partial charge is 0.203 e. The van der Waals surface area contributed by atoms with Crippen molar-refractivity contribution in [2.45, 2.75) is 31.5 Å². The van der Waals surface area contributed by atoms with E-state index in [4.69, 9.17) is 26.4 Å². The van der Waals surface area contributed by atoms with E-state index in [0.717, 1.165) is 12.8 Å². The summed E-state index contributed by atoms with van der Waals surface area (Å²) >= 11 is 5.32. The van der Waals surface area contributed by atoms with Gasteiger partial charge in [0.1, 0.15) is 17.5 Å². The molecule has 9 nitrogen and oxygen atoms in total. The first-order chi connectivity index (χ1) is 16.0. The highest BCUT2D eigenvalue weighted by molar-refractivity contribution is 7.80. The van der Waals surface area contributed by atoms with Crippen molar-refractivity contribution in [3.05, 3.63) is 30.5 Å². The number of nitrogens with zero attached hydrogens (tertiary/aromatic N) is 3. The third-order valence-corrected chi connectivity index (χ3v) is 5.55. The molecule has 1 saturated carbocycles. The molecule has 0 spiro atoms. The van der Waals surface area contributed by atoms with E-state index >= 15 is 0 Å². The summed E-state index contributed by atoms with van der Waals surface area (Å²) in [6.45, 7) is 0. The molecule has 33 heavy (non-hydrogen) atoms. The summed E-state index contributed by atoms with van der Waals surface area (Å²) in [5.41, 5.74) is 1.72. The fourth-order valence-corrected chi connectivity index (χ4v) is 3.98. The molecule has 0 amide bonds. The van der Waals surface area contributed by atoms with Gasteiger partial charge in [0.05, 0.1) is 33.6 Å². The highest BCUT2D eigenvalue weighted by atomic mass is 32.1. The van der Waals surface area contributed by atoms with Crippen molar-refractivity contribution in [3.63, 3.8) is 0 Å². The van der Waals surface area contributed by atoms with Gasteiger partial charge in [0, 0.05) is 17.8 Å². The van der Waals surface area contributed by atoms with E-state index in [9.17, 15) is 4.39 Å². The molecule has 2 aromatic heterocycles. The van der Waals surface area contributed by atoms with Gasteiger partial charge in [-0.1, -0.05) is 0 Å². The van der Waals surface area contributed by atoms with Crippen LogP contribution in [0.5, 0.6) is 17.2 Å². The lowest BCUT2D eigenvalue weighted by molar-refractivity contribution is 0.299. The number of alkyl halides is 1. The molecule has 2 atom stereocenters. The van der Waals surface area contributed by atoms with Crippen LogP contribution in [0, 0.1) is 0 Å². The zero-order valence-corrected chi connectivity index (χ0v) is 19.3. The Bertz CT molecular complexity index is 1140. The van der Waals surface area contributed by atoms with Crippen LogP contribution in [-0.4, -0.2) is 53.6 Å². The van der Waals surface area contributed by atoms with Gasteiger partial charge >= 0.3 is 0 Å². The standard InChI is InChI=1S/C22H25FN6O3S/c1-30-16-9-12(10-17(31-2)20(16)32-3)25-19-11-24-15-7-8-18(27-21(15)28-19)29-22(33)26-14-6-4-5-13(14)23/h7-11,13-14H,4-6H2,1-3H3,(H3,25,26,27,28,29,33). The predicted molar refractivity (Wildman–Crippen MR) is 129 cm³/mol. The second-order valence-electron chi connectivity index (χ2n) is 7.49. The van der Waals surface area contributed by atoms with Crippen LogP contribution in [0.1, 0.15) is 19.3 Å². The third-order valence-electron chi connectivity index (χ3n) is 5.33. The largest absolute Gasteiger partial charge is 0.493 e. The number of rotatable bonds is 7. The van der Waals surface area contributed by atoms with Crippen molar-refractivity contribution in [1.29, 1.82) is 0 Å².